The number of nitrogens with zero attached hydrogens (tertiary/aromatic N) is 1. The van der Waals surface area contributed by atoms with Crippen molar-refractivity contribution in [3.8, 4) is 0 Å². The van der Waals surface area contributed by atoms with Crippen LogP contribution in [0, 0.1) is 6.92 Å². The van der Waals surface area contributed by atoms with Gasteiger partial charge in [-0.1, -0.05) is 0 Å². The highest BCUT2D eigenvalue weighted by Crippen LogP contribution is 2.22. The van der Waals surface area contributed by atoms with Crippen LogP contribution in [0.2, 0.25) is 0 Å². The number of hydrogen-bond acceptors (Lipinski definition) is 5. The first kappa shape index (κ1) is 17.4. The Morgan fingerprint density at radius 2 is 2.16 bits per heavy atom. The van der Waals surface area contributed by atoms with Crippen LogP contribution in [-0.4, -0.2) is 36.8 Å². The molecule has 0 fully saturated rings. The molecule has 0 unspecified atom stereocenters. The quantitative estimate of drug-likeness (QED) is 0.640. The highest BCUT2D eigenvalue weighted by atomic mass is 32.2. The molecule has 3 rings (SSSR count). The molecule has 2 aromatic rings. The first-order valence-corrected chi connectivity index (χ1v) is 9.74. The second kappa shape index (κ2) is 6.85. The molecule has 0 saturated carbocycles. The van der Waals surface area contributed by atoms with Crippen molar-refractivity contribution in [2.45, 2.75) is 26.8 Å². The van der Waals surface area contributed by atoms with Gasteiger partial charge in [-0.15, -0.1) is 0 Å². The lowest BCUT2D eigenvalue weighted by molar-refractivity contribution is 0.102. The van der Waals surface area contributed by atoms with Gasteiger partial charge in [0.25, 0.3) is 5.91 Å². The third-order valence-corrected chi connectivity index (χ3v) is 5.44. The largest absolute Gasteiger partial charge is 0.321 e. The standard InChI is InChI=1S/C16H21N5O3S/c1-3-25(23,24)21-13-5-4-11(8-10(13)2)18-16(22)15-12-9-17-7-6-14(12)19-20-15/h4-5,8,17,21H,3,6-7,9H2,1-2H3,(H,18,22)(H,19,20). The number of sulfonamides is 1. The van der Waals surface area contributed by atoms with Crippen molar-refractivity contribution in [1.82, 2.24) is 15.5 Å². The molecule has 0 aliphatic carbocycles. The zero-order chi connectivity index (χ0) is 18.0. The van der Waals surface area contributed by atoms with Gasteiger partial charge in [0.15, 0.2) is 5.69 Å². The van der Waals surface area contributed by atoms with Crippen LogP contribution in [0.15, 0.2) is 18.2 Å². The summed E-state index contributed by atoms with van der Waals surface area (Å²) in [5.74, 6) is -0.286. The fourth-order valence-corrected chi connectivity index (χ4v) is 3.41. The molecule has 8 nitrogen and oxygen atoms in total. The predicted molar refractivity (Wildman–Crippen MR) is 96.2 cm³/mol. The van der Waals surface area contributed by atoms with E-state index in [1.54, 1.807) is 32.0 Å². The van der Waals surface area contributed by atoms with E-state index in [9.17, 15) is 13.2 Å². The molecule has 1 aliphatic rings. The summed E-state index contributed by atoms with van der Waals surface area (Å²) in [6.45, 7) is 4.84. The lowest BCUT2D eigenvalue weighted by atomic mass is 10.1. The van der Waals surface area contributed by atoms with Gasteiger partial charge in [0.2, 0.25) is 10.0 Å². The molecular weight excluding hydrogens is 342 g/mol. The Morgan fingerprint density at radius 3 is 2.88 bits per heavy atom. The van der Waals surface area contributed by atoms with Gasteiger partial charge in [-0.2, -0.15) is 5.10 Å². The number of rotatable bonds is 5. The van der Waals surface area contributed by atoms with Crippen LogP contribution < -0.4 is 15.4 Å². The Morgan fingerprint density at radius 1 is 1.36 bits per heavy atom. The maximum absolute atomic E-state index is 12.5. The smallest absolute Gasteiger partial charge is 0.276 e. The van der Waals surface area contributed by atoms with E-state index in [2.05, 4.69) is 25.6 Å². The number of nitrogens with one attached hydrogen (secondary N) is 4. The van der Waals surface area contributed by atoms with Crippen molar-refractivity contribution >= 4 is 27.3 Å². The summed E-state index contributed by atoms with van der Waals surface area (Å²) in [4.78, 5) is 12.5. The van der Waals surface area contributed by atoms with Crippen molar-refractivity contribution < 1.29 is 13.2 Å². The minimum absolute atomic E-state index is 0.00321. The number of hydrogen-bond donors (Lipinski definition) is 4. The van der Waals surface area contributed by atoms with Gasteiger partial charge in [0, 0.05) is 36.5 Å². The summed E-state index contributed by atoms with van der Waals surface area (Å²) in [6.07, 6.45) is 0.820. The highest BCUT2D eigenvalue weighted by Gasteiger charge is 2.21. The predicted octanol–water partition coefficient (Wildman–Crippen LogP) is 1.38. The fraction of sp³-hybridized carbons (Fsp3) is 0.375. The molecule has 2 heterocycles. The number of aromatic amines is 1. The maximum Gasteiger partial charge on any atom is 0.276 e. The Bertz CT molecular complexity index is 904. The highest BCUT2D eigenvalue weighted by molar-refractivity contribution is 7.92. The Kier molecular flexibility index (Phi) is 4.78. The molecule has 9 heteroatoms. The van der Waals surface area contributed by atoms with E-state index < -0.39 is 10.0 Å². The Hall–Kier alpha value is -2.39. The number of benzene rings is 1. The van der Waals surface area contributed by atoms with E-state index in [4.69, 9.17) is 0 Å². The molecule has 1 amide bonds. The third kappa shape index (κ3) is 3.83. The number of fused-ring (bicyclic) bond motifs is 1. The van der Waals surface area contributed by atoms with E-state index in [0.29, 0.717) is 23.6 Å². The number of aromatic nitrogens is 2. The number of H-pyrrole nitrogens is 1. The normalized spacial score (nSPS) is 14.0. The van der Waals surface area contributed by atoms with Crippen molar-refractivity contribution in [3.63, 3.8) is 0 Å². The van der Waals surface area contributed by atoms with Gasteiger partial charge in [-0.25, -0.2) is 8.42 Å². The second-order valence-electron chi connectivity index (χ2n) is 5.95. The minimum atomic E-state index is -3.34. The molecular formula is C16H21N5O3S. The lowest BCUT2D eigenvalue weighted by Crippen LogP contribution is -2.25. The Labute approximate surface area is 146 Å². The third-order valence-electron chi connectivity index (χ3n) is 4.15. The Balaban J connectivity index is 1.76. The van der Waals surface area contributed by atoms with Crippen LogP contribution in [0.25, 0.3) is 0 Å². The van der Waals surface area contributed by atoms with Gasteiger partial charge in [0.05, 0.1) is 11.4 Å². The molecule has 0 spiro atoms. The van der Waals surface area contributed by atoms with E-state index in [1.807, 2.05) is 0 Å². The average Bonchev–Trinajstić information content (AvgIpc) is 3.01. The molecule has 0 saturated heterocycles. The van der Waals surface area contributed by atoms with E-state index in [1.165, 1.54) is 0 Å². The second-order valence-corrected chi connectivity index (χ2v) is 7.96. The first-order chi connectivity index (χ1) is 11.9. The van der Waals surface area contributed by atoms with E-state index in [-0.39, 0.29) is 11.7 Å². The number of aryl methyl sites for hydroxylation is 1. The van der Waals surface area contributed by atoms with E-state index in [0.717, 1.165) is 29.8 Å². The van der Waals surface area contributed by atoms with Gasteiger partial charge in [-0.3, -0.25) is 14.6 Å². The summed E-state index contributed by atoms with van der Waals surface area (Å²) in [5.41, 5.74) is 4.08. The molecule has 0 atom stereocenters. The van der Waals surface area contributed by atoms with Crippen molar-refractivity contribution in [3.05, 3.63) is 40.7 Å². The van der Waals surface area contributed by atoms with Gasteiger partial charge in [0.1, 0.15) is 0 Å². The topological polar surface area (TPSA) is 116 Å². The van der Waals surface area contributed by atoms with Crippen LogP contribution in [-0.2, 0) is 23.0 Å². The van der Waals surface area contributed by atoms with E-state index >= 15 is 0 Å². The van der Waals surface area contributed by atoms with Gasteiger partial charge < -0.3 is 10.6 Å². The van der Waals surface area contributed by atoms with Crippen LogP contribution >= 0.6 is 0 Å². The fourth-order valence-electron chi connectivity index (χ4n) is 2.70. The summed E-state index contributed by atoms with van der Waals surface area (Å²) in [6, 6.07) is 5.03. The van der Waals surface area contributed by atoms with Crippen molar-refractivity contribution in [2.75, 3.05) is 22.3 Å². The number of carbonyl (C=O) groups is 1. The molecule has 134 valence electrons. The van der Waals surface area contributed by atoms with Crippen LogP contribution in [0.5, 0.6) is 0 Å². The summed E-state index contributed by atoms with van der Waals surface area (Å²) in [5, 5.41) is 13.1. The number of amides is 1. The monoisotopic (exact) mass is 363 g/mol. The molecule has 0 radical (unpaired) electrons. The molecule has 1 aromatic heterocycles. The lowest BCUT2D eigenvalue weighted by Gasteiger charge is -2.13. The van der Waals surface area contributed by atoms with Crippen LogP contribution in [0.4, 0.5) is 11.4 Å². The molecule has 4 N–H and O–H groups in total. The van der Waals surface area contributed by atoms with Crippen LogP contribution in [0.3, 0.4) is 0 Å². The average molecular weight is 363 g/mol. The molecule has 1 aromatic carbocycles. The maximum atomic E-state index is 12.5. The molecule has 1 aliphatic heterocycles. The number of anilines is 2. The van der Waals surface area contributed by atoms with Crippen molar-refractivity contribution in [1.29, 1.82) is 0 Å². The SMILES string of the molecule is CCS(=O)(=O)Nc1ccc(NC(=O)c2n[nH]c3c2CNCC3)cc1C. The molecule has 0 bridgehead atoms. The minimum Gasteiger partial charge on any atom is -0.321 e. The first-order valence-electron chi connectivity index (χ1n) is 8.09. The summed E-state index contributed by atoms with van der Waals surface area (Å²) < 4.78 is 25.9. The zero-order valence-electron chi connectivity index (χ0n) is 14.1. The van der Waals surface area contributed by atoms with Gasteiger partial charge >= 0.3 is 0 Å². The zero-order valence-corrected chi connectivity index (χ0v) is 15.0. The summed E-state index contributed by atoms with van der Waals surface area (Å²) >= 11 is 0. The van der Waals surface area contributed by atoms with Crippen LogP contribution in [0.1, 0.15) is 34.2 Å². The molecule has 25 heavy (non-hydrogen) atoms. The summed E-state index contributed by atoms with van der Waals surface area (Å²) in [7, 11) is -3.34. The number of carbonyl (C=O) groups excluding carboxylic acids is 1. The van der Waals surface area contributed by atoms with Gasteiger partial charge in [-0.05, 0) is 37.6 Å². The van der Waals surface area contributed by atoms with Crippen molar-refractivity contribution in [2.24, 2.45) is 0 Å².